The molecule has 0 atom stereocenters. The van der Waals surface area contributed by atoms with E-state index in [0.29, 0.717) is 5.56 Å². The van der Waals surface area contributed by atoms with Gasteiger partial charge in [0, 0.05) is 6.42 Å². The molecule has 0 amide bonds. The standard InChI is InChI=1S/C9H10O4/c10-8(11)5-6-3-1-2-4-7(6)9(12)13/h1-4,8,10-11H,5H2,(H,12,13). The lowest BCUT2D eigenvalue weighted by Gasteiger charge is -2.06. The van der Waals surface area contributed by atoms with Crippen molar-refractivity contribution in [1.29, 1.82) is 0 Å². The highest BCUT2D eigenvalue weighted by atomic mass is 16.5. The Morgan fingerprint density at radius 3 is 2.46 bits per heavy atom. The average Bonchev–Trinajstić information content (AvgIpc) is 2.03. The van der Waals surface area contributed by atoms with Crippen LogP contribution in [0.1, 0.15) is 15.9 Å². The van der Waals surface area contributed by atoms with Crippen LogP contribution in [0, 0.1) is 0 Å². The van der Waals surface area contributed by atoms with E-state index in [0.717, 1.165) is 0 Å². The first-order valence-electron chi connectivity index (χ1n) is 3.78. The van der Waals surface area contributed by atoms with E-state index in [1.165, 1.54) is 6.07 Å². The maximum atomic E-state index is 10.6. The maximum Gasteiger partial charge on any atom is 0.335 e. The molecule has 4 heteroatoms. The van der Waals surface area contributed by atoms with Crippen LogP contribution in [0.5, 0.6) is 0 Å². The molecule has 13 heavy (non-hydrogen) atoms. The van der Waals surface area contributed by atoms with E-state index in [1.54, 1.807) is 18.2 Å². The molecule has 1 rings (SSSR count). The highest BCUT2D eigenvalue weighted by Crippen LogP contribution is 2.10. The van der Waals surface area contributed by atoms with Crippen molar-refractivity contribution >= 4 is 5.97 Å². The number of benzene rings is 1. The second kappa shape index (κ2) is 4.02. The Bertz CT molecular complexity index is 306. The second-order valence-electron chi connectivity index (χ2n) is 2.65. The summed E-state index contributed by atoms with van der Waals surface area (Å²) in [5.41, 5.74) is 0.528. The summed E-state index contributed by atoms with van der Waals surface area (Å²) in [6, 6.07) is 6.24. The van der Waals surface area contributed by atoms with Crippen LogP contribution in [-0.4, -0.2) is 27.6 Å². The summed E-state index contributed by atoms with van der Waals surface area (Å²) in [7, 11) is 0. The first-order chi connectivity index (χ1) is 6.11. The van der Waals surface area contributed by atoms with Gasteiger partial charge in [-0.1, -0.05) is 18.2 Å². The normalized spacial score (nSPS) is 10.4. The summed E-state index contributed by atoms with van der Waals surface area (Å²) >= 11 is 0. The molecular weight excluding hydrogens is 172 g/mol. The molecular formula is C9H10O4. The summed E-state index contributed by atoms with van der Waals surface area (Å²) in [6.07, 6.45) is -1.58. The summed E-state index contributed by atoms with van der Waals surface area (Å²) in [4.78, 5) is 10.6. The van der Waals surface area contributed by atoms with Crippen LogP contribution in [-0.2, 0) is 6.42 Å². The number of aliphatic hydroxyl groups excluding tert-OH is 1. The van der Waals surface area contributed by atoms with Gasteiger partial charge in [-0.2, -0.15) is 0 Å². The molecule has 0 spiro atoms. The van der Waals surface area contributed by atoms with E-state index in [4.69, 9.17) is 15.3 Å². The Kier molecular flexibility index (Phi) is 3.00. The van der Waals surface area contributed by atoms with Gasteiger partial charge in [-0.25, -0.2) is 4.79 Å². The summed E-state index contributed by atoms with van der Waals surface area (Å²) in [5.74, 6) is -1.06. The zero-order valence-corrected chi connectivity index (χ0v) is 6.84. The van der Waals surface area contributed by atoms with E-state index < -0.39 is 12.3 Å². The molecule has 0 unspecified atom stereocenters. The van der Waals surface area contributed by atoms with Crippen molar-refractivity contribution in [3.05, 3.63) is 35.4 Å². The summed E-state index contributed by atoms with van der Waals surface area (Å²) < 4.78 is 0. The Hall–Kier alpha value is -1.39. The van der Waals surface area contributed by atoms with Crippen LogP contribution < -0.4 is 0 Å². The van der Waals surface area contributed by atoms with Crippen molar-refractivity contribution < 1.29 is 20.1 Å². The fourth-order valence-electron chi connectivity index (χ4n) is 1.10. The van der Waals surface area contributed by atoms with E-state index >= 15 is 0 Å². The largest absolute Gasteiger partial charge is 0.478 e. The van der Waals surface area contributed by atoms with E-state index in [-0.39, 0.29) is 12.0 Å². The smallest absolute Gasteiger partial charge is 0.335 e. The molecule has 0 bridgehead atoms. The second-order valence-corrected chi connectivity index (χ2v) is 2.65. The molecule has 0 fully saturated rings. The number of hydrogen-bond donors (Lipinski definition) is 3. The van der Waals surface area contributed by atoms with Gasteiger partial charge in [0.05, 0.1) is 5.56 Å². The quantitative estimate of drug-likeness (QED) is 0.585. The lowest BCUT2D eigenvalue weighted by Crippen LogP contribution is -2.12. The number of hydrogen-bond acceptors (Lipinski definition) is 3. The average molecular weight is 182 g/mol. The Balaban J connectivity index is 2.98. The van der Waals surface area contributed by atoms with Crippen molar-refractivity contribution in [2.75, 3.05) is 0 Å². The van der Waals surface area contributed by atoms with Gasteiger partial charge in [0.25, 0.3) is 0 Å². The SMILES string of the molecule is O=C(O)c1ccccc1CC(O)O. The van der Waals surface area contributed by atoms with Crippen LogP contribution in [0.25, 0.3) is 0 Å². The maximum absolute atomic E-state index is 10.6. The molecule has 1 aromatic rings. The lowest BCUT2D eigenvalue weighted by atomic mass is 10.0. The minimum Gasteiger partial charge on any atom is -0.478 e. The van der Waals surface area contributed by atoms with Crippen molar-refractivity contribution in [3.8, 4) is 0 Å². The van der Waals surface area contributed by atoms with Gasteiger partial charge < -0.3 is 15.3 Å². The first kappa shape index (κ1) is 9.70. The minimum absolute atomic E-state index is 0.0670. The zero-order valence-electron chi connectivity index (χ0n) is 6.84. The van der Waals surface area contributed by atoms with Crippen molar-refractivity contribution in [2.24, 2.45) is 0 Å². The molecule has 0 aromatic heterocycles. The number of aromatic carboxylic acids is 1. The van der Waals surface area contributed by atoms with Crippen molar-refractivity contribution in [3.63, 3.8) is 0 Å². The summed E-state index contributed by atoms with van der Waals surface area (Å²) in [5, 5.41) is 26.1. The zero-order chi connectivity index (χ0) is 9.84. The van der Waals surface area contributed by atoms with Crippen LogP contribution >= 0.6 is 0 Å². The first-order valence-corrected chi connectivity index (χ1v) is 3.78. The van der Waals surface area contributed by atoms with Gasteiger partial charge in [-0.05, 0) is 11.6 Å². The Labute approximate surface area is 75.1 Å². The topological polar surface area (TPSA) is 77.8 Å². The van der Waals surface area contributed by atoms with E-state index in [2.05, 4.69) is 0 Å². The fraction of sp³-hybridized carbons (Fsp3) is 0.222. The molecule has 0 aliphatic carbocycles. The van der Waals surface area contributed by atoms with Gasteiger partial charge >= 0.3 is 5.97 Å². The summed E-state index contributed by atoms with van der Waals surface area (Å²) in [6.45, 7) is 0. The minimum atomic E-state index is -1.51. The fourth-order valence-corrected chi connectivity index (χ4v) is 1.10. The number of carbonyl (C=O) groups is 1. The van der Waals surface area contributed by atoms with Gasteiger partial charge in [-0.3, -0.25) is 0 Å². The van der Waals surface area contributed by atoms with E-state index in [1.807, 2.05) is 0 Å². The predicted molar refractivity (Wildman–Crippen MR) is 45.3 cm³/mol. The Morgan fingerprint density at radius 2 is 1.92 bits per heavy atom. The van der Waals surface area contributed by atoms with Crippen molar-refractivity contribution in [1.82, 2.24) is 0 Å². The molecule has 0 saturated carbocycles. The molecule has 0 heterocycles. The van der Waals surface area contributed by atoms with Gasteiger partial charge in [0.1, 0.15) is 0 Å². The molecule has 3 N–H and O–H groups in total. The third-order valence-corrected chi connectivity index (χ3v) is 1.65. The van der Waals surface area contributed by atoms with Crippen LogP contribution in [0.15, 0.2) is 24.3 Å². The van der Waals surface area contributed by atoms with Crippen LogP contribution in [0.2, 0.25) is 0 Å². The molecule has 0 aliphatic heterocycles. The molecule has 0 aliphatic rings. The van der Waals surface area contributed by atoms with Crippen LogP contribution in [0.4, 0.5) is 0 Å². The third-order valence-electron chi connectivity index (χ3n) is 1.65. The molecule has 0 radical (unpaired) electrons. The molecule has 0 saturated heterocycles. The van der Waals surface area contributed by atoms with Gasteiger partial charge in [0.2, 0.25) is 0 Å². The number of carboxylic acids is 1. The molecule has 1 aromatic carbocycles. The number of aliphatic hydroxyl groups is 2. The Morgan fingerprint density at radius 1 is 1.31 bits per heavy atom. The van der Waals surface area contributed by atoms with Gasteiger partial charge in [0.15, 0.2) is 6.29 Å². The van der Waals surface area contributed by atoms with E-state index in [9.17, 15) is 4.79 Å². The number of rotatable bonds is 3. The third kappa shape index (κ3) is 2.54. The lowest BCUT2D eigenvalue weighted by molar-refractivity contribution is -0.0382. The predicted octanol–water partition coefficient (Wildman–Crippen LogP) is 0.238. The van der Waals surface area contributed by atoms with Crippen molar-refractivity contribution in [2.45, 2.75) is 12.7 Å². The highest BCUT2D eigenvalue weighted by molar-refractivity contribution is 5.89. The highest BCUT2D eigenvalue weighted by Gasteiger charge is 2.10. The number of carboxylic acid groups (broad SMARTS) is 1. The van der Waals surface area contributed by atoms with Crippen LogP contribution in [0.3, 0.4) is 0 Å². The monoisotopic (exact) mass is 182 g/mol. The van der Waals surface area contributed by atoms with Gasteiger partial charge in [-0.15, -0.1) is 0 Å². The molecule has 4 nitrogen and oxygen atoms in total. The molecule has 70 valence electrons.